The molecule has 1 aliphatic heterocycles. The molecule has 0 saturated heterocycles. The molecule has 3 aromatic rings. The van der Waals surface area contributed by atoms with E-state index in [0.717, 1.165) is 5.56 Å². The quantitative estimate of drug-likeness (QED) is 0.542. The van der Waals surface area contributed by atoms with Gasteiger partial charge in [0.1, 0.15) is 5.56 Å². The molecule has 0 bridgehead atoms. The lowest BCUT2D eigenvalue weighted by Gasteiger charge is -2.15. The molecule has 1 aliphatic rings. The van der Waals surface area contributed by atoms with Gasteiger partial charge in [-0.1, -0.05) is 12.1 Å². The van der Waals surface area contributed by atoms with E-state index in [0.29, 0.717) is 24.1 Å². The predicted octanol–water partition coefficient (Wildman–Crippen LogP) is 5.41. The van der Waals surface area contributed by atoms with Crippen LogP contribution in [0.2, 0.25) is 0 Å². The van der Waals surface area contributed by atoms with Gasteiger partial charge in [0.05, 0.1) is 16.6 Å². The van der Waals surface area contributed by atoms with Crippen LogP contribution < -0.4 is 10.7 Å². The average molecular weight is 440 g/mol. The molecule has 0 unspecified atom stereocenters. The zero-order valence-electron chi connectivity index (χ0n) is 15.9. The van der Waals surface area contributed by atoms with Crippen LogP contribution in [0.25, 0.3) is 10.9 Å². The first-order valence-corrected chi connectivity index (χ1v) is 9.14. The van der Waals surface area contributed by atoms with E-state index in [4.69, 9.17) is 0 Å². The van der Waals surface area contributed by atoms with Gasteiger partial charge in [-0.05, 0) is 43.2 Å². The maximum Gasteiger partial charge on any atom is 0.416 e. The van der Waals surface area contributed by atoms with Gasteiger partial charge in [-0.15, -0.1) is 0 Å². The lowest BCUT2D eigenvalue weighted by Crippen LogP contribution is -2.24. The van der Waals surface area contributed by atoms with E-state index in [1.165, 1.54) is 12.3 Å². The van der Waals surface area contributed by atoms with E-state index in [9.17, 15) is 35.9 Å². The maximum atomic E-state index is 13.0. The summed E-state index contributed by atoms with van der Waals surface area (Å²) in [7, 11) is 0. The molecule has 4 nitrogen and oxygen atoms in total. The van der Waals surface area contributed by atoms with Gasteiger partial charge in [0.15, 0.2) is 0 Å². The van der Waals surface area contributed by atoms with Gasteiger partial charge >= 0.3 is 12.4 Å². The first-order chi connectivity index (χ1) is 14.4. The lowest BCUT2D eigenvalue weighted by molar-refractivity contribution is -0.143. The number of alkyl halides is 6. The monoisotopic (exact) mass is 440 g/mol. The smallest absolute Gasteiger partial charge is 0.343 e. The van der Waals surface area contributed by atoms with Crippen LogP contribution in [0, 0.1) is 0 Å². The number of anilines is 1. The zero-order valence-corrected chi connectivity index (χ0v) is 15.9. The molecule has 31 heavy (non-hydrogen) atoms. The molecule has 1 aromatic heterocycles. The number of hydrogen-bond acceptors (Lipinski definition) is 2. The minimum absolute atomic E-state index is 0.0373. The van der Waals surface area contributed by atoms with Gasteiger partial charge in [-0.2, -0.15) is 26.3 Å². The number of halogens is 6. The minimum Gasteiger partial charge on any atom is -0.343 e. The fourth-order valence-electron chi connectivity index (χ4n) is 3.80. The van der Waals surface area contributed by atoms with Crippen molar-refractivity contribution in [3.05, 3.63) is 75.1 Å². The number of carbonyl (C=O) groups excluding carboxylic acids is 1. The van der Waals surface area contributed by atoms with Crippen LogP contribution in [-0.2, 0) is 18.8 Å². The minimum atomic E-state index is -5.05. The number of amides is 1. The summed E-state index contributed by atoms with van der Waals surface area (Å²) in [4.78, 5) is 25.5. The highest BCUT2D eigenvalue weighted by Crippen LogP contribution is 2.38. The second kappa shape index (κ2) is 6.86. The topological polar surface area (TPSA) is 51.1 Å². The molecular formula is C21H14F6N2O2. The molecule has 0 fully saturated rings. The first kappa shape index (κ1) is 21.0. The Balaban J connectivity index is 1.79. The highest BCUT2D eigenvalue weighted by Gasteiger charge is 2.37. The molecule has 1 atom stereocenters. The molecule has 4 rings (SSSR count). The number of pyridine rings is 1. The summed E-state index contributed by atoms with van der Waals surface area (Å²) < 4.78 is 80.0. The van der Waals surface area contributed by atoms with Gasteiger partial charge in [0, 0.05) is 23.3 Å². The Morgan fingerprint density at radius 3 is 2.23 bits per heavy atom. The highest BCUT2D eigenvalue weighted by atomic mass is 19.4. The molecule has 10 heteroatoms. The largest absolute Gasteiger partial charge is 0.416 e. The summed E-state index contributed by atoms with van der Waals surface area (Å²) in [6.07, 6.45) is -8.19. The molecule has 0 saturated carbocycles. The zero-order chi connectivity index (χ0) is 22.7. The van der Waals surface area contributed by atoms with E-state index in [2.05, 4.69) is 0 Å². The lowest BCUT2D eigenvalue weighted by atomic mass is 10.1. The Bertz CT molecular complexity index is 1240. The number of para-hydroxylation sites is 1. The molecule has 2 heterocycles. The Kier molecular flexibility index (Phi) is 4.64. The van der Waals surface area contributed by atoms with E-state index in [-0.39, 0.29) is 23.1 Å². The van der Waals surface area contributed by atoms with Crippen molar-refractivity contribution in [2.45, 2.75) is 31.7 Å². The van der Waals surface area contributed by atoms with Gasteiger partial charge in [-0.3, -0.25) is 9.59 Å². The van der Waals surface area contributed by atoms with Crippen LogP contribution in [-0.4, -0.2) is 10.5 Å². The van der Waals surface area contributed by atoms with Crippen molar-refractivity contribution < 1.29 is 31.1 Å². The summed E-state index contributed by atoms with van der Waals surface area (Å²) >= 11 is 0. The summed E-state index contributed by atoms with van der Waals surface area (Å²) in [5, 5.41) is 2.28. The molecule has 2 aromatic carbocycles. The van der Waals surface area contributed by atoms with E-state index < -0.39 is 40.5 Å². The van der Waals surface area contributed by atoms with Gasteiger partial charge in [0.25, 0.3) is 5.91 Å². The number of carbonyl (C=O) groups is 1. The average Bonchev–Trinajstić information content (AvgIpc) is 2.99. The van der Waals surface area contributed by atoms with Gasteiger partial charge in [-0.25, -0.2) is 0 Å². The molecule has 0 radical (unpaired) electrons. The summed E-state index contributed by atoms with van der Waals surface area (Å²) in [5.41, 5.74) is -3.28. The fourth-order valence-corrected chi connectivity index (χ4v) is 3.80. The van der Waals surface area contributed by atoms with Gasteiger partial charge < -0.3 is 9.88 Å². The Morgan fingerprint density at radius 2 is 1.65 bits per heavy atom. The van der Waals surface area contributed by atoms with Crippen LogP contribution in [0.1, 0.15) is 40.0 Å². The number of aromatic nitrogens is 1. The fraction of sp³-hybridized carbons (Fsp3) is 0.238. The third-order valence-corrected chi connectivity index (χ3v) is 5.22. The Hall–Kier alpha value is -3.30. The van der Waals surface area contributed by atoms with Crippen molar-refractivity contribution in [3.63, 3.8) is 0 Å². The van der Waals surface area contributed by atoms with Crippen molar-refractivity contribution in [1.82, 2.24) is 4.57 Å². The molecule has 162 valence electrons. The number of benzene rings is 2. The van der Waals surface area contributed by atoms with Gasteiger partial charge in [0.2, 0.25) is 5.43 Å². The van der Waals surface area contributed by atoms with Crippen molar-refractivity contribution in [1.29, 1.82) is 0 Å². The molecule has 0 aliphatic carbocycles. The number of rotatable bonds is 2. The number of nitrogens with one attached hydrogen (secondary N) is 1. The second-order valence-electron chi connectivity index (χ2n) is 7.39. The highest BCUT2D eigenvalue weighted by molar-refractivity contribution is 6.06. The second-order valence-corrected chi connectivity index (χ2v) is 7.39. The normalized spacial score (nSPS) is 16.0. The van der Waals surface area contributed by atoms with E-state index in [1.54, 1.807) is 10.6 Å². The maximum absolute atomic E-state index is 13.0. The van der Waals surface area contributed by atoms with E-state index in [1.807, 2.05) is 18.3 Å². The van der Waals surface area contributed by atoms with Crippen LogP contribution in [0.4, 0.5) is 32.0 Å². The van der Waals surface area contributed by atoms with Crippen molar-refractivity contribution in [2.75, 3.05) is 5.32 Å². The van der Waals surface area contributed by atoms with Crippen LogP contribution >= 0.6 is 0 Å². The summed E-state index contributed by atoms with van der Waals surface area (Å²) in [6, 6.07) is 5.71. The molecular weight excluding hydrogens is 426 g/mol. The molecule has 1 amide bonds. The van der Waals surface area contributed by atoms with Crippen molar-refractivity contribution in [3.8, 4) is 0 Å². The third kappa shape index (κ3) is 3.66. The van der Waals surface area contributed by atoms with Crippen molar-refractivity contribution >= 4 is 22.5 Å². The predicted molar refractivity (Wildman–Crippen MR) is 101 cm³/mol. The SMILES string of the molecule is C[C@H]1Cc2cccc3c(=O)c(C(=O)Nc4cc(C(F)(F)F)cc(C(F)(F)F)c4)cn1c23. The standard InChI is InChI=1S/C21H14F6N2O2/c1-10-5-11-3-2-4-15-17(11)29(10)9-16(18(15)30)19(31)28-14-7-12(20(22,23)24)6-13(8-14)21(25,26)27/h2-4,6-10H,5H2,1H3,(H,28,31)/t10-/m0/s1. The first-order valence-electron chi connectivity index (χ1n) is 9.14. The third-order valence-electron chi connectivity index (χ3n) is 5.22. The number of nitrogens with zero attached hydrogens (tertiary/aromatic N) is 1. The van der Waals surface area contributed by atoms with Crippen LogP contribution in [0.15, 0.2) is 47.4 Å². The summed E-state index contributed by atoms with van der Waals surface area (Å²) in [6.45, 7) is 1.87. The van der Waals surface area contributed by atoms with E-state index >= 15 is 0 Å². The molecule has 0 spiro atoms. The Labute approximate surface area is 171 Å². The van der Waals surface area contributed by atoms with Crippen molar-refractivity contribution in [2.24, 2.45) is 0 Å². The van der Waals surface area contributed by atoms with Crippen LogP contribution in [0.3, 0.4) is 0 Å². The number of hydrogen-bond donors (Lipinski definition) is 1. The molecule has 1 N–H and O–H groups in total. The van der Waals surface area contributed by atoms with Crippen LogP contribution in [0.5, 0.6) is 0 Å². The Morgan fingerprint density at radius 1 is 1.03 bits per heavy atom. The summed E-state index contributed by atoms with van der Waals surface area (Å²) in [5.74, 6) is -1.09.